The summed E-state index contributed by atoms with van der Waals surface area (Å²) in [6.45, 7) is 3.03. The molecule has 0 radical (unpaired) electrons. The van der Waals surface area contributed by atoms with Gasteiger partial charge in [0.2, 0.25) is 0 Å². The zero-order chi connectivity index (χ0) is 11.7. The fourth-order valence-corrected chi connectivity index (χ4v) is 2.44. The molecule has 1 atom stereocenters. The maximum atomic E-state index is 4.20. The molecule has 1 unspecified atom stereocenters. The lowest BCUT2D eigenvalue weighted by molar-refractivity contribution is 0.636. The average Bonchev–Trinajstić information content (AvgIpc) is 2.30. The highest BCUT2D eigenvalue weighted by molar-refractivity contribution is 5.46. The number of nitrogens with one attached hydrogen (secondary N) is 1. The highest BCUT2D eigenvalue weighted by Crippen LogP contribution is 2.34. The SMILES string of the molecule is Cc1cc(NCC2Cc3ccccc32)ccn1. The Bertz CT molecular complexity index is 534. The van der Waals surface area contributed by atoms with E-state index in [1.165, 1.54) is 23.2 Å². The molecule has 1 aromatic heterocycles. The number of rotatable bonds is 3. The van der Waals surface area contributed by atoms with Crippen molar-refractivity contribution in [2.45, 2.75) is 19.3 Å². The molecule has 1 N–H and O–H groups in total. The molecular weight excluding hydrogens is 208 g/mol. The minimum Gasteiger partial charge on any atom is -0.384 e. The second-order valence-electron chi connectivity index (χ2n) is 4.67. The van der Waals surface area contributed by atoms with Crippen LogP contribution in [0.1, 0.15) is 22.7 Å². The van der Waals surface area contributed by atoms with Crippen molar-refractivity contribution in [1.29, 1.82) is 0 Å². The number of benzene rings is 1. The molecule has 0 spiro atoms. The zero-order valence-corrected chi connectivity index (χ0v) is 9.98. The van der Waals surface area contributed by atoms with Crippen LogP contribution in [0, 0.1) is 6.92 Å². The smallest absolute Gasteiger partial charge is 0.0393 e. The Morgan fingerprint density at radius 3 is 3.00 bits per heavy atom. The van der Waals surface area contributed by atoms with Gasteiger partial charge in [-0.25, -0.2) is 0 Å². The summed E-state index contributed by atoms with van der Waals surface area (Å²) in [4.78, 5) is 4.20. The van der Waals surface area contributed by atoms with Crippen LogP contribution >= 0.6 is 0 Å². The second-order valence-corrected chi connectivity index (χ2v) is 4.67. The van der Waals surface area contributed by atoms with Crippen molar-refractivity contribution in [2.24, 2.45) is 0 Å². The molecule has 0 aliphatic heterocycles. The van der Waals surface area contributed by atoms with Crippen LogP contribution in [0.5, 0.6) is 0 Å². The molecule has 2 nitrogen and oxygen atoms in total. The van der Waals surface area contributed by atoms with E-state index >= 15 is 0 Å². The molecule has 0 bridgehead atoms. The highest BCUT2D eigenvalue weighted by atomic mass is 14.9. The van der Waals surface area contributed by atoms with Crippen LogP contribution in [-0.4, -0.2) is 11.5 Å². The average molecular weight is 224 g/mol. The number of pyridine rings is 1. The lowest BCUT2D eigenvalue weighted by Gasteiger charge is -2.30. The van der Waals surface area contributed by atoms with E-state index in [-0.39, 0.29) is 0 Å². The number of hydrogen-bond donors (Lipinski definition) is 1. The molecule has 17 heavy (non-hydrogen) atoms. The molecule has 1 aliphatic carbocycles. The van der Waals surface area contributed by atoms with Gasteiger partial charge in [-0.3, -0.25) is 4.98 Å². The summed E-state index contributed by atoms with van der Waals surface area (Å²) >= 11 is 0. The summed E-state index contributed by atoms with van der Waals surface area (Å²) in [6, 6.07) is 12.8. The van der Waals surface area contributed by atoms with Crippen LogP contribution < -0.4 is 5.32 Å². The van der Waals surface area contributed by atoms with Gasteiger partial charge in [0.15, 0.2) is 0 Å². The van der Waals surface area contributed by atoms with E-state index in [0.29, 0.717) is 5.92 Å². The van der Waals surface area contributed by atoms with Crippen molar-refractivity contribution in [3.05, 3.63) is 59.4 Å². The van der Waals surface area contributed by atoms with E-state index in [9.17, 15) is 0 Å². The highest BCUT2D eigenvalue weighted by Gasteiger charge is 2.24. The third-order valence-electron chi connectivity index (χ3n) is 3.41. The summed E-state index contributed by atoms with van der Waals surface area (Å²) in [5.74, 6) is 0.666. The van der Waals surface area contributed by atoms with E-state index in [0.717, 1.165) is 12.2 Å². The van der Waals surface area contributed by atoms with Crippen molar-refractivity contribution in [3.63, 3.8) is 0 Å². The van der Waals surface area contributed by atoms with Crippen molar-refractivity contribution in [1.82, 2.24) is 4.98 Å². The lowest BCUT2D eigenvalue weighted by atomic mass is 9.77. The summed E-state index contributed by atoms with van der Waals surface area (Å²) in [7, 11) is 0. The quantitative estimate of drug-likeness (QED) is 0.866. The van der Waals surface area contributed by atoms with Crippen molar-refractivity contribution in [2.75, 3.05) is 11.9 Å². The molecule has 86 valence electrons. The fourth-order valence-electron chi connectivity index (χ4n) is 2.44. The maximum Gasteiger partial charge on any atom is 0.0393 e. The third-order valence-corrected chi connectivity index (χ3v) is 3.41. The summed E-state index contributed by atoms with van der Waals surface area (Å²) < 4.78 is 0. The molecule has 1 aliphatic rings. The largest absolute Gasteiger partial charge is 0.384 e. The van der Waals surface area contributed by atoms with E-state index < -0.39 is 0 Å². The predicted octanol–water partition coefficient (Wildman–Crippen LogP) is 3.14. The van der Waals surface area contributed by atoms with E-state index in [1.807, 2.05) is 19.2 Å². The Hall–Kier alpha value is -1.83. The van der Waals surface area contributed by atoms with Gasteiger partial charge >= 0.3 is 0 Å². The summed E-state index contributed by atoms with van der Waals surface area (Å²) in [6.07, 6.45) is 3.06. The van der Waals surface area contributed by atoms with Crippen LogP contribution in [0.4, 0.5) is 5.69 Å². The first-order chi connectivity index (χ1) is 8.33. The van der Waals surface area contributed by atoms with Crippen LogP contribution in [0.3, 0.4) is 0 Å². The van der Waals surface area contributed by atoms with Gasteiger partial charge < -0.3 is 5.32 Å². The molecule has 0 fully saturated rings. The lowest BCUT2D eigenvalue weighted by Crippen LogP contribution is -2.24. The summed E-state index contributed by atoms with van der Waals surface area (Å²) in [5, 5.41) is 3.49. The standard InChI is InChI=1S/C15H16N2/c1-11-8-14(6-7-16-11)17-10-13-9-12-4-2-3-5-15(12)13/h2-8,13H,9-10H2,1H3,(H,16,17). The Morgan fingerprint density at radius 1 is 1.29 bits per heavy atom. The Balaban J connectivity index is 1.64. The molecule has 2 aromatic rings. The van der Waals surface area contributed by atoms with Gasteiger partial charge in [0, 0.05) is 30.0 Å². The number of aryl methyl sites for hydroxylation is 1. The molecule has 1 heterocycles. The molecule has 1 aromatic carbocycles. The van der Waals surface area contributed by atoms with Gasteiger partial charge in [-0.05, 0) is 36.6 Å². The minimum atomic E-state index is 0.666. The van der Waals surface area contributed by atoms with E-state index in [2.05, 4.69) is 40.6 Å². The number of nitrogens with zero attached hydrogens (tertiary/aromatic N) is 1. The van der Waals surface area contributed by atoms with Crippen LogP contribution in [0.15, 0.2) is 42.6 Å². The minimum absolute atomic E-state index is 0.666. The van der Waals surface area contributed by atoms with Crippen LogP contribution in [0.25, 0.3) is 0 Å². The number of anilines is 1. The number of aromatic nitrogens is 1. The molecule has 0 amide bonds. The molecular formula is C15H16N2. The molecule has 0 saturated heterocycles. The Kier molecular flexibility index (Phi) is 2.56. The topological polar surface area (TPSA) is 24.9 Å². The molecule has 0 saturated carbocycles. The van der Waals surface area contributed by atoms with E-state index in [4.69, 9.17) is 0 Å². The third kappa shape index (κ3) is 2.03. The Labute approximate surface area is 102 Å². The number of hydrogen-bond acceptors (Lipinski definition) is 2. The number of fused-ring (bicyclic) bond motifs is 1. The van der Waals surface area contributed by atoms with Gasteiger partial charge in [0.25, 0.3) is 0 Å². The second kappa shape index (κ2) is 4.21. The van der Waals surface area contributed by atoms with Gasteiger partial charge in [0.1, 0.15) is 0 Å². The van der Waals surface area contributed by atoms with Gasteiger partial charge in [-0.15, -0.1) is 0 Å². The van der Waals surface area contributed by atoms with Gasteiger partial charge in [-0.1, -0.05) is 24.3 Å². The van der Waals surface area contributed by atoms with Crippen LogP contribution in [0.2, 0.25) is 0 Å². The monoisotopic (exact) mass is 224 g/mol. The zero-order valence-electron chi connectivity index (χ0n) is 9.98. The first kappa shape index (κ1) is 10.3. The predicted molar refractivity (Wildman–Crippen MR) is 70.4 cm³/mol. The fraction of sp³-hybridized carbons (Fsp3) is 0.267. The summed E-state index contributed by atoms with van der Waals surface area (Å²) in [5.41, 5.74) is 5.24. The van der Waals surface area contributed by atoms with Crippen molar-refractivity contribution < 1.29 is 0 Å². The van der Waals surface area contributed by atoms with Crippen molar-refractivity contribution in [3.8, 4) is 0 Å². The molecule has 2 heteroatoms. The first-order valence-electron chi connectivity index (χ1n) is 6.07. The Morgan fingerprint density at radius 2 is 2.18 bits per heavy atom. The van der Waals surface area contributed by atoms with E-state index in [1.54, 1.807) is 0 Å². The van der Waals surface area contributed by atoms with Crippen molar-refractivity contribution >= 4 is 5.69 Å². The van der Waals surface area contributed by atoms with Gasteiger partial charge in [0.05, 0.1) is 0 Å². The maximum absolute atomic E-state index is 4.20. The van der Waals surface area contributed by atoms with Crippen LogP contribution in [-0.2, 0) is 6.42 Å². The first-order valence-corrected chi connectivity index (χ1v) is 6.07. The van der Waals surface area contributed by atoms with Gasteiger partial charge in [-0.2, -0.15) is 0 Å². The molecule has 3 rings (SSSR count). The normalized spacial score (nSPS) is 17.1.